The fourth-order valence-corrected chi connectivity index (χ4v) is 5.20. The average molecular weight is 391 g/mol. The number of ether oxygens (including phenoxy) is 1. The second-order valence-corrected chi connectivity index (χ2v) is 8.97. The lowest BCUT2D eigenvalue weighted by Gasteiger charge is -2.46. The van der Waals surface area contributed by atoms with Gasteiger partial charge in [-0.1, -0.05) is 5.16 Å². The molecule has 1 spiro atoms. The van der Waals surface area contributed by atoms with E-state index in [0.29, 0.717) is 11.7 Å². The summed E-state index contributed by atoms with van der Waals surface area (Å²) in [6.45, 7) is 7.94. The zero-order chi connectivity index (χ0) is 19.0. The molecule has 8 heteroatoms. The number of likely N-dealkylation sites (tertiary alicyclic amines) is 1. The summed E-state index contributed by atoms with van der Waals surface area (Å²) >= 11 is 1.49. The van der Waals surface area contributed by atoms with Gasteiger partial charge >= 0.3 is 0 Å². The van der Waals surface area contributed by atoms with Crippen molar-refractivity contribution in [1.82, 2.24) is 20.0 Å². The molecule has 2 aromatic heterocycles. The maximum Gasteiger partial charge on any atom is 0.265 e. The SMILES string of the molecule is Cc1noc(CC2CCOC3(CCN(C(=O)c4sc(C)nc4C)CC3)C2)n1. The van der Waals surface area contributed by atoms with Crippen LogP contribution in [0.25, 0.3) is 0 Å². The van der Waals surface area contributed by atoms with E-state index in [-0.39, 0.29) is 11.5 Å². The van der Waals surface area contributed by atoms with Crippen LogP contribution in [0.2, 0.25) is 0 Å². The summed E-state index contributed by atoms with van der Waals surface area (Å²) in [4.78, 5) is 24.3. The van der Waals surface area contributed by atoms with Crippen LogP contribution in [0.1, 0.15) is 57.8 Å². The Morgan fingerprint density at radius 2 is 2.04 bits per heavy atom. The van der Waals surface area contributed by atoms with Gasteiger partial charge in [0.1, 0.15) is 4.88 Å². The lowest BCUT2D eigenvalue weighted by atomic mass is 9.78. The van der Waals surface area contributed by atoms with Crippen LogP contribution >= 0.6 is 11.3 Å². The molecule has 0 radical (unpaired) electrons. The van der Waals surface area contributed by atoms with Gasteiger partial charge in [-0.2, -0.15) is 4.98 Å². The molecule has 0 bridgehead atoms. The van der Waals surface area contributed by atoms with E-state index in [2.05, 4.69) is 15.1 Å². The number of piperidine rings is 1. The second kappa shape index (κ2) is 7.31. The van der Waals surface area contributed by atoms with Crippen LogP contribution in [0.5, 0.6) is 0 Å². The molecule has 2 aromatic rings. The van der Waals surface area contributed by atoms with Crippen LogP contribution in [-0.4, -0.2) is 51.2 Å². The van der Waals surface area contributed by atoms with E-state index >= 15 is 0 Å². The summed E-state index contributed by atoms with van der Waals surface area (Å²) < 4.78 is 11.5. The molecule has 27 heavy (non-hydrogen) atoms. The van der Waals surface area contributed by atoms with Gasteiger partial charge in [0.05, 0.1) is 16.3 Å². The first-order valence-electron chi connectivity index (χ1n) is 9.60. The molecule has 4 heterocycles. The number of amides is 1. The third kappa shape index (κ3) is 3.91. The first-order valence-corrected chi connectivity index (χ1v) is 10.4. The van der Waals surface area contributed by atoms with Gasteiger partial charge in [-0.05, 0) is 52.4 Å². The van der Waals surface area contributed by atoms with Gasteiger partial charge in [-0.3, -0.25) is 4.79 Å². The van der Waals surface area contributed by atoms with Crippen LogP contribution < -0.4 is 0 Å². The van der Waals surface area contributed by atoms with Gasteiger partial charge in [0.2, 0.25) is 5.89 Å². The van der Waals surface area contributed by atoms with E-state index < -0.39 is 0 Å². The van der Waals surface area contributed by atoms with E-state index in [9.17, 15) is 4.79 Å². The Hall–Kier alpha value is -1.80. The molecule has 1 unspecified atom stereocenters. The van der Waals surface area contributed by atoms with Crippen LogP contribution in [-0.2, 0) is 11.2 Å². The van der Waals surface area contributed by atoms with Crippen molar-refractivity contribution in [2.45, 2.75) is 58.5 Å². The molecular formula is C19H26N4O3S. The molecule has 1 atom stereocenters. The third-order valence-electron chi connectivity index (χ3n) is 5.69. The topological polar surface area (TPSA) is 81.4 Å². The summed E-state index contributed by atoms with van der Waals surface area (Å²) in [7, 11) is 0. The maximum atomic E-state index is 12.8. The van der Waals surface area contributed by atoms with Gasteiger partial charge < -0.3 is 14.2 Å². The highest BCUT2D eigenvalue weighted by Gasteiger charge is 2.41. The average Bonchev–Trinajstić information content (AvgIpc) is 3.19. The molecule has 2 aliphatic heterocycles. The van der Waals surface area contributed by atoms with Gasteiger partial charge in [-0.15, -0.1) is 11.3 Å². The van der Waals surface area contributed by atoms with Crippen molar-refractivity contribution in [3.63, 3.8) is 0 Å². The zero-order valence-corrected chi connectivity index (χ0v) is 17.0. The number of nitrogens with zero attached hydrogens (tertiary/aromatic N) is 4. The Morgan fingerprint density at radius 1 is 1.26 bits per heavy atom. The largest absolute Gasteiger partial charge is 0.375 e. The van der Waals surface area contributed by atoms with Crippen LogP contribution in [0.3, 0.4) is 0 Å². The molecule has 0 aromatic carbocycles. The molecule has 7 nitrogen and oxygen atoms in total. The van der Waals surface area contributed by atoms with Crippen molar-refractivity contribution in [3.8, 4) is 0 Å². The minimum Gasteiger partial charge on any atom is -0.375 e. The summed E-state index contributed by atoms with van der Waals surface area (Å²) in [5.41, 5.74) is 0.722. The van der Waals surface area contributed by atoms with Crippen molar-refractivity contribution in [1.29, 1.82) is 0 Å². The molecule has 2 aliphatic rings. The predicted octanol–water partition coefficient (Wildman–Crippen LogP) is 3.10. The van der Waals surface area contributed by atoms with Crippen LogP contribution in [0, 0.1) is 26.7 Å². The Bertz CT molecular complexity index is 823. The van der Waals surface area contributed by atoms with Crippen molar-refractivity contribution >= 4 is 17.2 Å². The molecule has 2 saturated heterocycles. The summed E-state index contributed by atoms with van der Waals surface area (Å²) in [6, 6.07) is 0. The third-order valence-corrected chi connectivity index (χ3v) is 6.75. The lowest BCUT2D eigenvalue weighted by Crippen LogP contribution is -2.51. The monoisotopic (exact) mass is 390 g/mol. The predicted molar refractivity (Wildman–Crippen MR) is 101 cm³/mol. The number of aryl methyl sites for hydroxylation is 3. The lowest BCUT2D eigenvalue weighted by molar-refractivity contribution is -0.123. The number of hydrogen-bond acceptors (Lipinski definition) is 7. The molecule has 0 aliphatic carbocycles. The van der Waals surface area contributed by atoms with E-state index in [4.69, 9.17) is 9.26 Å². The number of carbonyl (C=O) groups is 1. The van der Waals surface area contributed by atoms with Crippen LogP contribution in [0.15, 0.2) is 4.52 Å². The molecule has 146 valence electrons. The van der Waals surface area contributed by atoms with Crippen molar-refractivity contribution in [2.24, 2.45) is 5.92 Å². The molecule has 2 fully saturated rings. The van der Waals surface area contributed by atoms with E-state index in [1.165, 1.54) is 11.3 Å². The molecule has 1 amide bonds. The van der Waals surface area contributed by atoms with Gasteiger partial charge in [0.25, 0.3) is 5.91 Å². The Balaban J connectivity index is 1.37. The molecule has 0 N–H and O–H groups in total. The van der Waals surface area contributed by atoms with Gasteiger partial charge in [0.15, 0.2) is 5.82 Å². The maximum absolute atomic E-state index is 12.8. The second-order valence-electron chi connectivity index (χ2n) is 7.77. The molecule has 4 rings (SSSR count). The Morgan fingerprint density at radius 3 is 2.67 bits per heavy atom. The zero-order valence-electron chi connectivity index (χ0n) is 16.2. The highest BCUT2D eigenvalue weighted by molar-refractivity contribution is 7.13. The summed E-state index contributed by atoms with van der Waals surface area (Å²) in [5, 5.41) is 4.83. The number of hydrogen-bond donors (Lipinski definition) is 0. The summed E-state index contributed by atoms with van der Waals surface area (Å²) in [5.74, 6) is 2.01. The van der Waals surface area contributed by atoms with Crippen LogP contribution in [0.4, 0.5) is 0 Å². The number of thiazole rings is 1. The van der Waals surface area contributed by atoms with Gasteiger partial charge in [-0.25, -0.2) is 4.98 Å². The fraction of sp³-hybridized carbons (Fsp3) is 0.684. The fourth-order valence-electron chi connectivity index (χ4n) is 4.31. The first kappa shape index (κ1) is 18.6. The first-order chi connectivity index (χ1) is 12.9. The Labute approximate surface area is 163 Å². The van der Waals surface area contributed by atoms with E-state index in [0.717, 1.165) is 73.3 Å². The smallest absolute Gasteiger partial charge is 0.265 e. The number of rotatable bonds is 3. The van der Waals surface area contributed by atoms with E-state index in [1.54, 1.807) is 0 Å². The molecule has 0 saturated carbocycles. The normalized spacial score (nSPS) is 22.3. The minimum absolute atomic E-state index is 0.113. The van der Waals surface area contributed by atoms with Crippen molar-refractivity contribution < 1.29 is 14.1 Å². The van der Waals surface area contributed by atoms with Crippen molar-refractivity contribution in [3.05, 3.63) is 27.3 Å². The quantitative estimate of drug-likeness (QED) is 0.801. The summed E-state index contributed by atoms with van der Waals surface area (Å²) in [6.07, 6.45) is 4.60. The van der Waals surface area contributed by atoms with Gasteiger partial charge in [0, 0.05) is 26.1 Å². The van der Waals surface area contributed by atoms with E-state index in [1.807, 2.05) is 25.7 Å². The minimum atomic E-state index is -0.118. The number of aromatic nitrogens is 3. The molecular weight excluding hydrogens is 364 g/mol. The highest BCUT2D eigenvalue weighted by Crippen LogP contribution is 2.39. The highest BCUT2D eigenvalue weighted by atomic mass is 32.1. The standard InChI is InChI=1S/C19H26N4O3S/c1-12-17(27-14(3)20-12)18(24)23-7-5-19(6-8-23)11-15(4-9-25-19)10-16-21-13(2)22-26-16/h15H,4-11H2,1-3H3. The number of carbonyl (C=O) groups excluding carboxylic acids is 1. The van der Waals surface area contributed by atoms with Crippen molar-refractivity contribution in [2.75, 3.05) is 19.7 Å². The Kier molecular flexibility index (Phi) is 5.03.